The van der Waals surface area contributed by atoms with E-state index in [1.807, 2.05) is 12.1 Å². The highest BCUT2D eigenvalue weighted by molar-refractivity contribution is 6.04. The number of fused-ring (bicyclic) bond motifs is 3. The number of imidazole rings is 1. The molecule has 0 saturated carbocycles. The summed E-state index contributed by atoms with van der Waals surface area (Å²) in [5, 5.41) is 2.70. The fourth-order valence-corrected chi connectivity index (χ4v) is 3.95. The molecule has 1 aromatic carbocycles. The van der Waals surface area contributed by atoms with Crippen LogP contribution in [0.1, 0.15) is 48.8 Å². The summed E-state index contributed by atoms with van der Waals surface area (Å²) in [5.41, 5.74) is 13.7. The summed E-state index contributed by atoms with van der Waals surface area (Å²) in [5.74, 6) is -1.15. The number of nitrogens with one attached hydrogen (secondary N) is 1. The zero-order valence-corrected chi connectivity index (χ0v) is 18.9. The quantitative estimate of drug-likeness (QED) is 0.253. The van der Waals surface area contributed by atoms with Gasteiger partial charge in [-0.2, -0.15) is 0 Å². The Morgan fingerprint density at radius 3 is 2.59 bits per heavy atom. The van der Waals surface area contributed by atoms with E-state index < -0.39 is 23.2 Å². The topological polar surface area (TPSA) is 125 Å². The van der Waals surface area contributed by atoms with Crippen LogP contribution >= 0.6 is 0 Å². The normalized spacial score (nSPS) is 11.4. The number of carbonyl (C=O) groups is 1. The predicted octanol–water partition coefficient (Wildman–Crippen LogP) is 3.97. The van der Waals surface area contributed by atoms with Crippen molar-refractivity contribution in [2.24, 2.45) is 0 Å². The first-order valence-corrected chi connectivity index (χ1v) is 11.3. The molecule has 0 aliphatic carbocycles. The van der Waals surface area contributed by atoms with Crippen LogP contribution in [0, 0.1) is 11.6 Å². The molecule has 1 amide bonds. The van der Waals surface area contributed by atoms with Crippen molar-refractivity contribution in [1.29, 1.82) is 0 Å². The molecular formula is C24H27F2N7O. The van der Waals surface area contributed by atoms with Crippen molar-refractivity contribution in [2.75, 3.05) is 18.0 Å². The van der Waals surface area contributed by atoms with Gasteiger partial charge in [-0.15, -0.1) is 0 Å². The third kappa shape index (κ3) is 4.61. The first-order valence-electron chi connectivity index (χ1n) is 11.3. The number of aryl methyl sites for hydroxylation is 2. The van der Waals surface area contributed by atoms with E-state index in [0.29, 0.717) is 36.4 Å². The Balaban J connectivity index is 1.48. The molecule has 3 heterocycles. The minimum absolute atomic E-state index is 0.104. The summed E-state index contributed by atoms with van der Waals surface area (Å²) in [6.45, 7) is 3.14. The number of nitrogens with two attached hydrogens (primary N) is 2. The highest BCUT2D eigenvalue weighted by atomic mass is 19.1. The molecule has 3 aromatic heterocycles. The van der Waals surface area contributed by atoms with Crippen molar-refractivity contribution in [3.05, 3.63) is 53.5 Å². The van der Waals surface area contributed by atoms with Crippen molar-refractivity contribution >= 4 is 39.5 Å². The molecule has 0 radical (unpaired) electrons. The van der Waals surface area contributed by atoms with Gasteiger partial charge >= 0.3 is 0 Å². The molecule has 0 spiro atoms. The Kier molecular flexibility index (Phi) is 6.85. The van der Waals surface area contributed by atoms with Gasteiger partial charge in [0.15, 0.2) is 5.82 Å². The standard InChI is InChI=1S/C24H27F2N7O/c1-2-3-8-18-32-21-22(20-17(31-23(21)28)7-6-10-29-20)33(18)11-5-4-9-30-24(34)14-12-15(25)19(27)16(26)13-14/h6-7,10,12-13H,2-5,8-9,11,27H2,1H3,(H2,28,31)(H,30,34). The van der Waals surface area contributed by atoms with Crippen LogP contribution < -0.4 is 16.8 Å². The van der Waals surface area contributed by atoms with Gasteiger partial charge in [0.2, 0.25) is 0 Å². The van der Waals surface area contributed by atoms with E-state index in [1.165, 1.54) is 0 Å². The SMILES string of the molecule is CCCCc1nc2c(N)nc3cccnc3c2n1CCCCNC(=O)c1cc(F)c(N)c(F)c1. The maximum absolute atomic E-state index is 13.6. The maximum atomic E-state index is 13.6. The van der Waals surface area contributed by atoms with Gasteiger partial charge < -0.3 is 21.4 Å². The molecule has 4 aromatic rings. The molecule has 10 heteroatoms. The number of nitrogens with zero attached hydrogens (tertiary/aromatic N) is 4. The number of anilines is 2. The van der Waals surface area contributed by atoms with Gasteiger partial charge in [0.05, 0.1) is 5.52 Å². The van der Waals surface area contributed by atoms with Crippen LogP contribution in [0.3, 0.4) is 0 Å². The highest BCUT2D eigenvalue weighted by Crippen LogP contribution is 2.28. The zero-order chi connectivity index (χ0) is 24.2. The van der Waals surface area contributed by atoms with Gasteiger partial charge in [-0.1, -0.05) is 13.3 Å². The summed E-state index contributed by atoms with van der Waals surface area (Å²) in [7, 11) is 0. The number of hydrogen-bond acceptors (Lipinski definition) is 6. The summed E-state index contributed by atoms with van der Waals surface area (Å²) < 4.78 is 29.4. The minimum atomic E-state index is -0.952. The largest absolute Gasteiger partial charge is 0.394 e. The smallest absolute Gasteiger partial charge is 0.251 e. The molecule has 0 fully saturated rings. The molecule has 34 heavy (non-hydrogen) atoms. The second-order valence-electron chi connectivity index (χ2n) is 8.17. The third-order valence-electron chi connectivity index (χ3n) is 5.73. The molecule has 5 N–H and O–H groups in total. The highest BCUT2D eigenvalue weighted by Gasteiger charge is 2.18. The van der Waals surface area contributed by atoms with Gasteiger partial charge in [0.25, 0.3) is 5.91 Å². The lowest BCUT2D eigenvalue weighted by molar-refractivity contribution is 0.0952. The van der Waals surface area contributed by atoms with Gasteiger partial charge in [-0.05, 0) is 43.5 Å². The van der Waals surface area contributed by atoms with Crippen LogP contribution in [-0.4, -0.2) is 32.0 Å². The molecule has 0 atom stereocenters. The van der Waals surface area contributed by atoms with Gasteiger partial charge in [0, 0.05) is 31.3 Å². The summed E-state index contributed by atoms with van der Waals surface area (Å²) in [4.78, 5) is 26.0. The number of rotatable bonds is 9. The second kappa shape index (κ2) is 9.98. The number of nitrogen functional groups attached to an aromatic ring is 2. The molecule has 0 aliphatic rings. The number of unbranched alkanes of at least 4 members (excludes halogenated alkanes) is 2. The molecule has 0 saturated heterocycles. The Morgan fingerprint density at radius 1 is 1.09 bits per heavy atom. The van der Waals surface area contributed by atoms with Crippen LogP contribution in [0.2, 0.25) is 0 Å². The summed E-state index contributed by atoms with van der Waals surface area (Å²) in [6, 6.07) is 5.56. The molecular weight excluding hydrogens is 440 g/mol. The monoisotopic (exact) mass is 467 g/mol. The number of amides is 1. The molecule has 4 rings (SSSR count). The first-order chi connectivity index (χ1) is 16.4. The van der Waals surface area contributed by atoms with Gasteiger partial charge in [0.1, 0.15) is 39.7 Å². The molecule has 178 valence electrons. The van der Waals surface area contributed by atoms with E-state index in [9.17, 15) is 13.6 Å². The lowest BCUT2D eigenvalue weighted by Crippen LogP contribution is -2.25. The lowest BCUT2D eigenvalue weighted by Gasteiger charge is -2.11. The number of carbonyl (C=O) groups excluding carboxylic acids is 1. The van der Waals surface area contributed by atoms with Crippen LogP contribution in [0.4, 0.5) is 20.3 Å². The number of aromatic nitrogens is 4. The van der Waals surface area contributed by atoms with Crippen LogP contribution in [0.5, 0.6) is 0 Å². The Labute approximate surface area is 195 Å². The Morgan fingerprint density at radius 2 is 1.85 bits per heavy atom. The zero-order valence-electron chi connectivity index (χ0n) is 18.9. The average molecular weight is 468 g/mol. The van der Waals surface area contributed by atoms with Gasteiger partial charge in [-0.25, -0.2) is 18.7 Å². The van der Waals surface area contributed by atoms with Gasteiger partial charge in [-0.3, -0.25) is 9.78 Å². The van der Waals surface area contributed by atoms with Crippen molar-refractivity contribution in [2.45, 2.75) is 45.6 Å². The van der Waals surface area contributed by atoms with Crippen molar-refractivity contribution < 1.29 is 13.6 Å². The lowest BCUT2D eigenvalue weighted by atomic mass is 10.1. The molecule has 0 unspecified atom stereocenters. The van der Waals surface area contributed by atoms with Crippen molar-refractivity contribution in [3.63, 3.8) is 0 Å². The van der Waals surface area contributed by atoms with E-state index in [1.54, 1.807) is 6.20 Å². The second-order valence-corrected chi connectivity index (χ2v) is 8.17. The number of hydrogen-bond donors (Lipinski definition) is 3. The Hall–Kier alpha value is -3.82. The molecule has 8 nitrogen and oxygen atoms in total. The fourth-order valence-electron chi connectivity index (χ4n) is 3.95. The minimum Gasteiger partial charge on any atom is -0.394 e. The third-order valence-corrected chi connectivity index (χ3v) is 5.73. The predicted molar refractivity (Wildman–Crippen MR) is 128 cm³/mol. The van der Waals surface area contributed by atoms with Crippen LogP contribution in [0.15, 0.2) is 30.5 Å². The summed E-state index contributed by atoms with van der Waals surface area (Å²) >= 11 is 0. The summed E-state index contributed by atoms with van der Waals surface area (Å²) in [6.07, 6.45) is 5.96. The van der Waals surface area contributed by atoms with E-state index in [-0.39, 0.29) is 5.56 Å². The van der Waals surface area contributed by atoms with E-state index >= 15 is 0 Å². The fraction of sp³-hybridized carbons (Fsp3) is 0.333. The average Bonchev–Trinajstić information content (AvgIpc) is 3.19. The maximum Gasteiger partial charge on any atom is 0.251 e. The van der Waals surface area contributed by atoms with Crippen molar-refractivity contribution in [1.82, 2.24) is 24.8 Å². The number of halogens is 2. The van der Waals surface area contributed by atoms with E-state index in [4.69, 9.17) is 16.5 Å². The number of benzene rings is 1. The van der Waals surface area contributed by atoms with Crippen LogP contribution in [-0.2, 0) is 13.0 Å². The van der Waals surface area contributed by atoms with Crippen LogP contribution in [0.25, 0.3) is 22.1 Å². The van der Waals surface area contributed by atoms with E-state index in [2.05, 4.69) is 26.8 Å². The first kappa shape index (κ1) is 23.3. The Bertz CT molecular complexity index is 1330. The van der Waals surface area contributed by atoms with Crippen molar-refractivity contribution in [3.8, 4) is 0 Å². The molecule has 0 bridgehead atoms. The number of pyridine rings is 2. The van der Waals surface area contributed by atoms with E-state index in [0.717, 1.165) is 54.7 Å². The molecule has 0 aliphatic heterocycles.